The highest BCUT2D eigenvalue weighted by Crippen LogP contribution is 2.08. The molecule has 0 saturated carbocycles. The van der Waals surface area contributed by atoms with Crippen molar-refractivity contribution in [2.45, 2.75) is 19.8 Å². The topological polar surface area (TPSA) is 96.5 Å². The smallest absolute Gasteiger partial charge is 0.409 e. The number of hydrogen-bond acceptors (Lipinski definition) is 6. The van der Waals surface area contributed by atoms with Gasteiger partial charge in [0.1, 0.15) is 0 Å². The number of hydrogen-bond donors (Lipinski definition) is 0. The molecule has 0 bridgehead atoms. The van der Waals surface area contributed by atoms with Crippen LogP contribution in [-0.4, -0.2) is 100 Å². The Hall–Kier alpha value is -1.39. The third-order valence-electron chi connectivity index (χ3n) is 3.96. The lowest BCUT2D eigenvalue weighted by Crippen LogP contribution is -2.51. The molecule has 146 valence electrons. The van der Waals surface area contributed by atoms with Gasteiger partial charge in [0, 0.05) is 59.4 Å². The Morgan fingerprint density at radius 3 is 2.20 bits per heavy atom. The molecule has 0 aliphatic carbocycles. The van der Waals surface area contributed by atoms with Crippen molar-refractivity contribution < 1.29 is 27.5 Å². The Balaban J connectivity index is 2.43. The van der Waals surface area contributed by atoms with Gasteiger partial charge in [-0.3, -0.25) is 4.79 Å². The normalized spacial score (nSPS) is 15.5. The number of carbonyl (C=O) groups excluding carboxylic acids is 2. The van der Waals surface area contributed by atoms with E-state index in [2.05, 4.69) is 0 Å². The third-order valence-corrected chi connectivity index (χ3v) is 5.26. The molecule has 1 aliphatic heterocycles. The van der Waals surface area contributed by atoms with E-state index in [-0.39, 0.29) is 25.0 Å². The summed E-state index contributed by atoms with van der Waals surface area (Å²) in [7, 11) is -1.80. The second-order valence-corrected chi connectivity index (χ2v) is 7.81. The fourth-order valence-electron chi connectivity index (χ4n) is 2.56. The number of carbonyl (C=O) groups is 2. The standard InChI is InChI=1S/C15H29N3O6S/c1-4-24-15(20)17-11-9-16(10-12-17)14(19)6-8-18(25(3,21)22)7-5-13-23-2/h4-13H2,1-3H3. The van der Waals surface area contributed by atoms with Crippen LogP contribution < -0.4 is 0 Å². The van der Waals surface area contributed by atoms with Crippen LogP contribution in [0.4, 0.5) is 4.79 Å². The molecule has 10 heteroatoms. The van der Waals surface area contributed by atoms with Gasteiger partial charge in [-0.1, -0.05) is 0 Å². The molecule has 2 amide bonds. The van der Waals surface area contributed by atoms with Crippen molar-refractivity contribution in [3.05, 3.63) is 0 Å². The van der Waals surface area contributed by atoms with Gasteiger partial charge >= 0.3 is 6.09 Å². The maximum absolute atomic E-state index is 12.3. The van der Waals surface area contributed by atoms with Crippen molar-refractivity contribution in [3.63, 3.8) is 0 Å². The predicted octanol–water partition coefficient (Wildman–Crippen LogP) is -0.0247. The highest BCUT2D eigenvalue weighted by atomic mass is 32.2. The van der Waals surface area contributed by atoms with Crippen molar-refractivity contribution in [3.8, 4) is 0 Å². The Bertz CT molecular complexity index is 531. The maximum Gasteiger partial charge on any atom is 0.409 e. The summed E-state index contributed by atoms with van der Waals surface area (Å²) in [6.07, 6.45) is 1.48. The largest absolute Gasteiger partial charge is 0.450 e. The van der Waals surface area contributed by atoms with Gasteiger partial charge in [0.05, 0.1) is 12.9 Å². The van der Waals surface area contributed by atoms with Crippen LogP contribution in [-0.2, 0) is 24.3 Å². The van der Waals surface area contributed by atoms with Crippen molar-refractivity contribution in [2.24, 2.45) is 0 Å². The monoisotopic (exact) mass is 379 g/mol. The van der Waals surface area contributed by atoms with E-state index in [0.717, 1.165) is 6.26 Å². The second-order valence-electron chi connectivity index (χ2n) is 5.83. The van der Waals surface area contributed by atoms with Crippen LogP contribution in [0.5, 0.6) is 0 Å². The Kier molecular flexibility index (Phi) is 9.15. The highest BCUT2D eigenvalue weighted by molar-refractivity contribution is 7.88. The molecule has 0 radical (unpaired) electrons. The van der Waals surface area contributed by atoms with Crippen molar-refractivity contribution in [1.82, 2.24) is 14.1 Å². The van der Waals surface area contributed by atoms with Crippen LogP contribution in [0, 0.1) is 0 Å². The lowest BCUT2D eigenvalue weighted by atomic mass is 10.3. The van der Waals surface area contributed by atoms with Gasteiger partial charge in [-0.2, -0.15) is 0 Å². The zero-order chi connectivity index (χ0) is 18.9. The second kappa shape index (κ2) is 10.6. The predicted molar refractivity (Wildman–Crippen MR) is 92.7 cm³/mol. The number of nitrogens with zero attached hydrogens (tertiary/aromatic N) is 3. The molecule has 1 aliphatic rings. The summed E-state index contributed by atoms with van der Waals surface area (Å²) in [5, 5.41) is 0. The molecule has 25 heavy (non-hydrogen) atoms. The van der Waals surface area contributed by atoms with E-state index in [1.165, 1.54) is 4.31 Å². The van der Waals surface area contributed by atoms with Crippen molar-refractivity contribution in [2.75, 3.05) is 65.8 Å². The number of amides is 2. The molecule has 1 saturated heterocycles. The molecule has 1 heterocycles. The summed E-state index contributed by atoms with van der Waals surface area (Å²) in [5.41, 5.74) is 0. The molecule has 0 atom stereocenters. The Morgan fingerprint density at radius 1 is 1.08 bits per heavy atom. The molecule has 0 aromatic carbocycles. The fourth-order valence-corrected chi connectivity index (χ4v) is 3.44. The van der Waals surface area contributed by atoms with E-state index in [1.807, 2.05) is 0 Å². The van der Waals surface area contributed by atoms with E-state index in [9.17, 15) is 18.0 Å². The zero-order valence-corrected chi connectivity index (χ0v) is 16.1. The summed E-state index contributed by atoms with van der Waals surface area (Å²) >= 11 is 0. The molecule has 1 fully saturated rings. The van der Waals surface area contributed by atoms with Crippen LogP contribution in [0.1, 0.15) is 19.8 Å². The summed E-state index contributed by atoms with van der Waals surface area (Å²) in [4.78, 5) is 27.2. The Labute approximate surface area is 149 Å². The average Bonchev–Trinajstić information content (AvgIpc) is 2.57. The number of sulfonamides is 1. The lowest BCUT2D eigenvalue weighted by Gasteiger charge is -2.34. The maximum atomic E-state index is 12.3. The molecule has 9 nitrogen and oxygen atoms in total. The molecular weight excluding hydrogens is 350 g/mol. The van der Waals surface area contributed by atoms with Gasteiger partial charge in [0.25, 0.3) is 0 Å². The van der Waals surface area contributed by atoms with Gasteiger partial charge in [0.15, 0.2) is 0 Å². The third kappa shape index (κ3) is 7.57. The van der Waals surface area contributed by atoms with Crippen LogP contribution in [0.25, 0.3) is 0 Å². The molecule has 0 N–H and O–H groups in total. The van der Waals surface area contributed by atoms with Crippen LogP contribution >= 0.6 is 0 Å². The quantitative estimate of drug-likeness (QED) is 0.522. The minimum absolute atomic E-state index is 0.107. The molecule has 0 unspecified atom stereocenters. The fraction of sp³-hybridized carbons (Fsp3) is 0.867. The average molecular weight is 379 g/mol. The Morgan fingerprint density at radius 2 is 1.68 bits per heavy atom. The summed E-state index contributed by atoms with van der Waals surface area (Å²) in [5.74, 6) is -0.107. The van der Waals surface area contributed by atoms with Crippen LogP contribution in [0.3, 0.4) is 0 Å². The van der Waals surface area contributed by atoms with Crippen molar-refractivity contribution in [1.29, 1.82) is 0 Å². The van der Waals surface area contributed by atoms with E-state index in [4.69, 9.17) is 9.47 Å². The lowest BCUT2D eigenvalue weighted by molar-refractivity contribution is -0.132. The number of ether oxygens (including phenoxy) is 2. The minimum atomic E-state index is -3.36. The van der Waals surface area contributed by atoms with E-state index < -0.39 is 10.0 Å². The molecule has 1 rings (SSSR count). The minimum Gasteiger partial charge on any atom is -0.450 e. The van der Waals surface area contributed by atoms with Crippen LogP contribution in [0.2, 0.25) is 0 Å². The molecule has 0 aromatic heterocycles. The van der Waals surface area contributed by atoms with Crippen LogP contribution in [0.15, 0.2) is 0 Å². The van der Waals surface area contributed by atoms with Gasteiger partial charge in [-0.25, -0.2) is 17.5 Å². The van der Waals surface area contributed by atoms with E-state index >= 15 is 0 Å². The van der Waals surface area contributed by atoms with E-state index in [0.29, 0.717) is 52.4 Å². The SMILES string of the molecule is CCOC(=O)N1CCN(C(=O)CCN(CCCOC)S(C)(=O)=O)CC1. The molecule has 0 spiro atoms. The summed E-state index contributed by atoms with van der Waals surface area (Å²) < 4.78 is 34.8. The number of rotatable bonds is 9. The van der Waals surface area contributed by atoms with Gasteiger partial charge in [-0.15, -0.1) is 0 Å². The molecule has 0 aromatic rings. The summed E-state index contributed by atoms with van der Waals surface area (Å²) in [6, 6.07) is 0. The summed E-state index contributed by atoms with van der Waals surface area (Å²) in [6.45, 7) is 4.73. The van der Waals surface area contributed by atoms with Crippen molar-refractivity contribution >= 4 is 22.0 Å². The zero-order valence-electron chi connectivity index (χ0n) is 15.3. The van der Waals surface area contributed by atoms with Gasteiger partial charge in [-0.05, 0) is 13.3 Å². The first kappa shape index (κ1) is 21.7. The highest BCUT2D eigenvalue weighted by Gasteiger charge is 2.25. The first-order valence-electron chi connectivity index (χ1n) is 8.43. The number of piperazine rings is 1. The van der Waals surface area contributed by atoms with E-state index in [1.54, 1.807) is 23.8 Å². The van der Waals surface area contributed by atoms with Gasteiger partial charge in [0.2, 0.25) is 15.9 Å². The first-order chi connectivity index (χ1) is 11.8. The molecular formula is C15H29N3O6S. The number of methoxy groups -OCH3 is 1. The first-order valence-corrected chi connectivity index (χ1v) is 10.3. The van der Waals surface area contributed by atoms with Gasteiger partial charge < -0.3 is 19.3 Å².